The van der Waals surface area contributed by atoms with Gasteiger partial charge in [0.25, 0.3) is 5.91 Å². The molecule has 1 amide bonds. The van der Waals surface area contributed by atoms with Crippen molar-refractivity contribution >= 4 is 5.91 Å². The SMILES string of the molecule is Cc1cc(CNC(=O)[C@H]2COc3ccccc3O2)no1. The van der Waals surface area contributed by atoms with Crippen LogP contribution in [0.3, 0.4) is 0 Å². The van der Waals surface area contributed by atoms with Crippen LogP contribution in [0, 0.1) is 6.92 Å². The molecule has 1 aromatic heterocycles. The summed E-state index contributed by atoms with van der Waals surface area (Å²) >= 11 is 0. The molecule has 20 heavy (non-hydrogen) atoms. The Morgan fingerprint density at radius 2 is 2.20 bits per heavy atom. The van der Waals surface area contributed by atoms with E-state index in [4.69, 9.17) is 14.0 Å². The minimum Gasteiger partial charge on any atom is -0.485 e. The number of rotatable bonds is 3. The first-order valence-corrected chi connectivity index (χ1v) is 6.31. The number of hydrogen-bond acceptors (Lipinski definition) is 5. The van der Waals surface area contributed by atoms with Gasteiger partial charge in [-0.15, -0.1) is 0 Å². The van der Waals surface area contributed by atoms with E-state index in [9.17, 15) is 4.79 Å². The Labute approximate surface area is 115 Å². The minimum atomic E-state index is -0.655. The molecule has 6 heteroatoms. The maximum absolute atomic E-state index is 12.0. The number of benzene rings is 1. The first-order chi connectivity index (χ1) is 9.72. The fourth-order valence-corrected chi connectivity index (χ4v) is 1.94. The highest BCUT2D eigenvalue weighted by atomic mass is 16.6. The quantitative estimate of drug-likeness (QED) is 0.916. The lowest BCUT2D eigenvalue weighted by molar-refractivity contribution is -0.130. The van der Waals surface area contributed by atoms with Gasteiger partial charge >= 0.3 is 0 Å². The molecular weight excluding hydrogens is 260 g/mol. The van der Waals surface area contributed by atoms with Gasteiger partial charge in [0.15, 0.2) is 11.5 Å². The highest BCUT2D eigenvalue weighted by Gasteiger charge is 2.27. The van der Waals surface area contributed by atoms with Gasteiger partial charge in [0.1, 0.15) is 18.1 Å². The van der Waals surface area contributed by atoms with Crippen LogP contribution < -0.4 is 14.8 Å². The van der Waals surface area contributed by atoms with Crippen LogP contribution in [0.25, 0.3) is 0 Å². The zero-order chi connectivity index (χ0) is 13.9. The van der Waals surface area contributed by atoms with Gasteiger partial charge in [-0.2, -0.15) is 0 Å². The summed E-state index contributed by atoms with van der Waals surface area (Å²) in [5.41, 5.74) is 0.674. The number of aryl methyl sites for hydroxylation is 1. The molecule has 1 aliphatic rings. The van der Waals surface area contributed by atoms with Gasteiger partial charge in [-0.05, 0) is 19.1 Å². The fourth-order valence-electron chi connectivity index (χ4n) is 1.94. The summed E-state index contributed by atoms with van der Waals surface area (Å²) in [7, 11) is 0. The summed E-state index contributed by atoms with van der Waals surface area (Å²) in [4.78, 5) is 12.0. The number of carbonyl (C=O) groups excluding carboxylic acids is 1. The number of carbonyl (C=O) groups is 1. The molecule has 0 unspecified atom stereocenters. The Bertz CT molecular complexity index is 623. The molecule has 104 valence electrons. The molecule has 1 aromatic carbocycles. The van der Waals surface area contributed by atoms with Crippen molar-refractivity contribution in [3.8, 4) is 11.5 Å². The lowest BCUT2D eigenvalue weighted by Gasteiger charge is -2.25. The highest BCUT2D eigenvalue weighted by Crippen LogP contribution is 2.30. The van der Waals surface area contributed by atoms with Crippen LogP contribution in [-0.4, -0.2) is 23.8 Å². The van der Waals surface area contributed by atoms with Crippen molar-refractivity contribution in [1.82, 2.24) is 10.5 Å². The second-order valence-corrected chi connectivity index (χ2v) is 4.51. The lowest BCUT2D eigenvalue weighted by atomic mass is 10.2. The van der Waals surface area contributed by atoms with E-state index < -0.39 is 6.10 Å². The van der Waals surface area contributed by atoms with E-state index in [2.05, 4.69) is 10.5 Å². The van der Waals surface area contributed by atoms with Crippen molar-refractivity contribution in [2.75, 3.05) is 6.61 Å². The van der Waals surface area contributed by atoms with Crippen LogP contribution in [0.1, 0.15) is 11.5 Å². The standard InChI is InChI=1S/C14H14N2O4/c1-9-6-10(16-20-9)7-15-14(17)13-8-18-11-4-2-3-5-12(11)19-13/h2-6,13H,7-8H2,1H3,(H,15,17)/t13-/m1/s1. The van der Waals surface area contributed by atoms with E-state index in [1.54, 1.807) is 19.1 Å². The van der Waals surface area contributed by atoms with Crippen LogP contribution in [0.15, 0.2) is 34.9 Å². The predicted octanol–water partition coefficient (Wildman–Crippen LogP) is 1.44. The molecular formula is C14H14N2O4. The topological polar surface area (TPSA) is 73.6 Å². The molecule has 1 atom stereocenters. The van der Waals surface area contributed by atoms with Crippen molar-refractivity contribution in [1.29, 1.82) is 0 Å². The molecule has 2 aromatic rings. The molecule has 0 bridgehead atoms. The van der Waals surface area contributed by atoms with Gasteiger partial charge in [-0.3, -0.25) is 4.79 Å². The number of fused-ring (bicyclic) bond motifs is 1. The summed E-state index contributed by atoms with van der Waals surface area (Å²) in [6.45, 7) is 2.30. The molecule has 3 rings (SSSR count). The van der Waals surface area contributed by atoms with Crippen LogP contribution in [0.4, 0.5) is 0 Å². The summed E-state index contributed by atoms with van der Waals surface area (Å²) in [6.07, 6.45) is -0.655. The van der Waals surface area contributed by atoms with E-state index in [-0.39, 0.29) is 12.5 Å². The molecule has 0 saturated heterocycles. The highest BCUT2D eigenvalue weighted by molar-refractivity contribution is 5.81. The number of ether oxygens (including phenoxy) is 2. The molecule has 0 aliphatic carbocycles. The first kappa shape index (κ1) is 12.5. The van der Waals surface area contributed by atoms with Crippen molar-refractivity contribution < 1.29 is 18.8 Å². The van der Waals surface area contributed by atoms with Gasteiger partial charge in [-0.1, -0.05) is 17.3 Å². The number of para-hydroxylation sites is 2. The lowest BCUT2D eigenvalue weighted by Crippen LogP contribution is -2.43. The molecule has 1 aliphatic heterocycles. The van der Waals surface area contributed by atoms with Gasteiger partial charge in [0.05, 0.1) is 6.54 Å². The van der Waals surface area contributed by atoms with E-state index in [1.807, 2.05) is 18.2 Å². The average molecular weight is 274 g/mol. The van der Waals surface area contributed by atoms with E-state index in [0.717, 1.165) is 0 Å². The Balaban J connectivity index is 1.59. The number of nitrogens with one attached hydrogen (secondary N) is 1. The Morgan fingerprint density at radius 3 is 2.95 bits per heavy atom. The zero-order valence-electron chi connectivity index (χ0n) is 11.0. The monoisotopic (exact) mass is 274 g/mol. The van der Waals surface area contributed by atoms with E-state index >= 15 is 0 Å². The summed E-state index contributed by atoms with van der Waals surface area (Å²) < 4.78 is 16.0. The summed E-state index contributed by atoms with van der Waals surface area (Å²) in [5, 5.41) is 6.55. The predicted molar refractivity (Wildman–Crippen MR) is 69.4 cm³/mol. The molecule has 0 radical (unpaired) electrons. The van der Waals surface area contributed by atoms with Crippen LogP contribution in [0.5, 0.6) is 11.5 Å². The second-order valence-electron chi connectivity index (χ2n) is 4.51. The number of nitrogens with zero attached hydrogens (tertiary/aromatic N) is 1. The van der Waals surface area contributed by atoms with Crippen LogP contribution >= 0.6 is 0 Å². The minimum absolute atomic E-state index is 0.195. The number of hydrogen-bond donors (Lipinski definition) is 1. The summed E-state index contributed by atoms with van der Waals surface area (Å²) in [5.74, 6) is 1.71. The maximum atomic E-state index is 12.0. The smallest absolute Gasteiger partial charge is 0.265 e. The first-order valence-electron chi connectivity index (χ1n) is 6.31. The number of aromatic nitrogens is 1. The third kappa shape index (κ3) is 2.59. The van der Waals surface area contributed by atoms with Gasteiger partial charge in [0, 0.05) is 6.07 Å². The van der Waals surface area contributed by atoms with E-state index in [0.29, 0.717) is 29.5 Å². The zero-order valence-corrected chi connectivity index (χ0v) is 11.0. The second kappa shape index (κ2) is 5.24. The Kier molecular flexibility index (Phi) is 3.28. The Morgan fingerprint density at radius 1 is 1.40 bits per heavy atom. The Hall–Kier alpha value is -2.50. The summed E-state index contributed by atoms with van der Waals surface area (Å²) in [6, 6.07) is 9.04. The maximum Gasteiger partial charge on any atom is 0.265 e. The van der Waals surface area contributed by atoms with Crippen molar-refractivity contribution in [3.05, 3.63) is 41.8 Å². The van der Waals surface area contributed by atoms with Gasteiger partial charge < -0.3 is 19.3 Å². The number of amides is 1. The van der Waals surface area contributed by atoms with Crippen molar-refractivity contribution in [3.63, 3.8) is 0 Å². The molecule has 0 spiro atoms. The van der Waals surface area contributed by atoms with Crippen LogP contribution in [-0.2, 0) is 11.3 Å². The van der Waals surface area contributed by atoms with Crippen molar-refractivity contribution in [2.24, 2.45) is 0 Å². The van der Waals surface area contributed by atoms with Crippen molar-refractivity contribution in [2.45, 2.75) is 19.6 Å². The molecule has 2 heterocycles. The van der Waals surface area contributed by atoms with E-state index in [1.165, 1.54) is 0 Å². The fraction of sp³-hybridized carbons (Fsp3) is 0.286. The largest absolute Gasteiger partial charge is 0.485 e. The molecule has 6 nitrogen and oxygen atoms in total. The van der Waals surface area contributed by atoms with Gasteiger partial charge in [-0.25, -0.2) is 0 Å². The average Bonchev–Trinajstić information content (AvgIpc) is 2.90. The third-order valence-corrected chi connectivity index (χ3v) is 2.92. The molecule has 0 saturated carbocycles. The molecule has 0 fully saturated rings. The molecule has 1 N–H and O–H groups in total. The van der Waals surface area contributed by atoms with Gasteiger partial charge in [0.2, 0.25) is 6.10 Å². The van der Waals surface area contributed by atoms with Crippen LogP contribution in [0.2, 0.25) is 0 Å². The third-order valence-electron chi connectivity index (χ3n) is 2.92. The normalized spacial score (nSPS) is 16.8.